The zero-order chi connectivity index (χ0) is 25.7. The molecule has 0 aliphatic carbocycles. The van der Waals surface area contributed by atoms with Crippen LogP contribution in [0.2, 0.25) is 0 Å². The number of benzene rings is 2. The number of nitrogens with zero attached hydrogens (tertiary/aromatic N) is 3. The van der Waals surface area contributed by atoms with Crippen LogP contribution >= 0.6 is 0 Å². The van der Waals surface area contributed by atoms with E-state index in [9.17, 15) is 18.0 Å². The second kappa shape index (κ2) is 10.9. The molecule has 1 aliphatic rings. The molecule has 36 heavy (non-hydrogen) atoms. The topological polar surface area (TPSA) is 91.7 Å². The van der Waals surface area contributed by atoms with Gasteiger partial charge < -0.3 is 25.4 Å². The van der Waals surface area contributed by atoms with Gasteiger partial charge in [-0.25, -0.2) is 9.48 Å². The van der Waals surface area contributed by atoms with Crippen molar-refractivity contribution < 1.29 is 27.8 Å². The minimum Gasteiger partial charge on any atom is -0.497 e. The summed E-state index contributed by atoms with van der Waals surface area (Å²) >= 11 is 0. The largest absolute Gasteiger partial charge is 0.497 e. The highest BCUT2D eigenvalue weighted by Gasteiger charge is 2.40. The number of piperidine rings is 1. The summed E-state index contributed by atoms with van der Waals surface area (Å²) in [5, 5.41) is 18.7. The van der Waals surface area contributed by atoms with Crippen LogP contribution in [0.15, 0.2) is 54.7 Å². The lowest BCUT2D eigenvalue weighted by Crippen LogP contribution is -2.47. The van der Waals surface area contributed by atoms with E-state index in [1.807, 2.05) is 30.3 Å². The minimum absolute atomic E-state index is 0.0709. The Morgan fingerprint density at radius 2 is 1.94 bits per heavy atom. The Kier molecular flexibility index (Phi) is 7.68. The number of carboxylic acid groups (broad SMARTS) is 1. The maximum Gasteiger partial charge on any atom is 0.437 e. The first-order valence-corrected chi connectivity index (χ1v) is 11.6. The summed E-state index contributed by atoms with van der Waals surface area (Å²) in [7, 11) is 1.53. The molecule has 0 radical (unpaired) electrons. The number of ether oxygens (including phenoxy) is 1. The Balaban J connectivity index is 1.64. The molecule has 1 saturated heterocycles. The van der Waals surface area contributed by atoms with Crippen LogP contribution < -0.4 is 20.3 Å². The van der Waals surface area contributed by atoms with E-state index in [1.165, 1.54) is 18.0 Å². The van der Waals surface area contributed by atoms with Crippen LogP contribution in [0.4, 0.5) is 23.7 Å². The molecule has 1 unspecified atom stereocenters. The zero-order valence-electron chi connectivity index (χ0n) is 19.8. The summed E-state index contributed by atoms with van der Waals surface area (Å²) < 4.78 is 48.6. The molecule has 0 spiro atoms. The smallest absolute Gasteiger partial charge is 0.437 e. The molecule has 0 saturated carbocycles. The number of carbonyl (C=O) groups is 1. The van der Waals surface area contributed by atoms with Crippen molar-refractivity contribution in [3.8, 4) is 11.4 Å². The first-order chi connectivity index (χ1) is 17.2. The number of alkyl halides is 3. The number of methoxy groups -OCH3 is 1. The lowest BCUT2D eigenvalue weighted by Gasteiger charge is -2.34. The summed E-state index contributed by atoms with van der Waals surface area (Å²) in [6, 6.07) is 14.5. The predicted molar refractivity (Wildman–Crippen MR) is 128 cm³/mol. The van der Waals surface area contributed by atoms with Crippen molar-refractivity contribution in [3.63, 3.8) is 0 Å². The highest BCUT2D eigenvalue weighted by Crippen LogP contribution is 2.37. The average Bonchev–Trinajstić information content (AvgIpc) is 3.30. The van der Waals surface area contributed by atoms with Crippen LogP contribution in [-0.4, -0.2) is 47.2 Å². The summed E-state index contributed by atoms with van der Waals surface area (Å²) in [6.45, 7) is 1.48. The second-order valence-electron chi connectivity index (χ2n) is 8.62. The molecule has 1 atom stereocenters. The molecule has 8 nitrogen and oxygen atoms in total. The van der Waals surface area contributed by atoms with E-state index in [4.69, 9.17) is 9.84 Å². The van der Waals surface area contributed by atoms with E-state index in [0.29, 0.717) is 43.9 Å². The Bertz CT molecular complexity index is 1180. The van der Waals surface area contributed by atoms with Gasteiger partial charge in [0, 0.05) is 32.2 Å². The number of aromatic nitrogens is 2. The molecule has 11 heteroatoms. The normalized spacial score (nSPS) is 16.1. The SMILES string of the molecule is COc1ccc(-n2cc(N3CCCC(NC(=O)O)C3)c(C(F)(F)F)n2)c(CNCc2ccccc2)c1. The molecule has 1 aliphatic heterocycles. The highest BCUT2D eigenvalue weighted by atomic mass is 19.4. The number of hydrogen-bond donors (Lipinski definition) is 3. The third-order valence-corrected chi connectivity index (χ3v) is 6.07. The fourth-order valence-electron chi connectivity index (χ4n) is 4.40. The van der Waals surface area contributed by atoms with Crippen molar-refractivity contribution in [2.24, 2.45) is 0 Å². The number of halogens is 3. The maximum atomic E-state index is 14.0. The molecule has 1 fully saturated rings. The third kappa shape index (κ3) is 6.09. The predicted octanol–water partition coefficient (Wildman–Crippen LogP) is 4.43. The average molecular weight is 504 g/mol. The van der Waals surface area contributed by atoms with Crippen molar-refractivity contribution in [3.05, 3.63) is 71.5 Å². The first kappa shape index (κ1) is 25.4. The number of amides is 1. The Morgan fingerprint density at radius 1 is 1.17 bits per heavy atom. The van der Waals surface area contributed by atoms with Crippen LogP contribution in [0.1, 0.15) is 29.7 Å². The lowest BCUT2D eigenvalue weighted by molar-refractivity contribution is -0.140. The monoisotopic (exact) mass is 503 g/mol. The van der Waals surface area contributed by atoms with Gasteiger partial charge in [0.05, 0.1) is 24.7 Å². The van der Waals surface area contributed by atoms with E-state index in [2.05, 4.69) is 15.7 Å². The van der Waals surface area contributed by atoms with Gasteiger partial charge in [-0.1, -0.05) is 30.3 Å². The quantitative estimate of drug-likeness (QED) is 0.422. The van der Waals surface area contributed by atoms with Crippen LogP contribution in [0.5, 0.6) is 5.75 Å². The van der Waals surface area contributed by atoms with Crippen molar-refractivity contribution in [2.45, 2.75) is 38.1 Å². The van der Waals surface area contributed by atoms with E-state index < -0.39 is 24.0 Å². The summed E-state index contributed by atoms with van der Waals surface area (Å²) in [5.74, 6) is 0.581. The highest BCUT2D eigenvalue weighted by molar-refractivity contribution is 5.65. The standard InChI is InChI=1S/C25H28F3N5O3/c1-36-20-9-10-21(18(12-20)14-29-13-17-6-3-2-4-7-17)33-16-22(23(31-33)25(26,27)28)32-11-5-8-19(15-32)30-24(34)35/h2-4,6-7,9-10,12,16,19,29-30H,5,8,11,13-15H2,1H3,(H,34,35). The molecule has 3 N–H and O–H groups in total. The van der Waals surface area contributed by atoms with Crippen molar-refractivity contribution in [1.82, 2.24) is 20.4 Å². The van der Waals surface area contributed by atoms with Gasteiger partial charge >= 0.3 is 12.3 Å². The van der Waals surface area contributed by atoms with Crippen molar-refractivity contribution in [1.29, 1.82) is 0 Å². The van der Waals surface area contributed by atoms with E-state index in [1.54, 1.807) is 23.1 Å². The number of nitrogens with one attached hydrogen (secondary N) is 2. The van der Waals surface area contributed by atoms with Crippen LogP contribution in [0.3, 0.4) is 0 Å². The Hall–Kier alpha value is -3.73. The van der Waals surface area contributed by atoms with Crippen molar-refractivity contribution >= 4 is 11.8 Å². The number of rotatable bonds is 8. The molecular weight excluding hydrogens is 475 g/mol. The van der Waals surface area contributed by atoms with Crippen LogP contribution in [-0.2, 0) is 19.3 Å². The van der Waals surface area contributed by atoms with Gasteiger partial charge in [-0.3, -0.25) is 0 Å². The molecule has 192 valence electrons. The number of anilines is 1. The first-order valence-electron chi connectivity index (χ1n) is 11.6. The molecule has 2 aromatic carbocycles. The molecule has 4 rings (SSSR count). The summed E-state index contributed by atoms with van der Waals surface area (Å²) in [4.78, 5) is 12.6. The van der Waals surface area contributed by atoms with Gasteiger partial charge in [0.15, 0.2) is 5.69 Å². The fourth-order valence-corrected chi connectivity index (χ4v) is 4.40. The van der Waals surface area contributed by atoms with Gasteiger partial charge in [0.1, 0.15) is 5.75 Å². The second-order valence-corrected chi connectivity index (χ2v) is 8.62. The lowest BCUT2D eigenvalue weighted by atomic mass is 10.1. The number of hydrogen-bond acceptors (Lipinski definition) is 5. The van der Waals surface area contributed by atoms with Crippen molar-refractivity contribution in [2.75, 3.05) is 25.1 Å². The minimum atomic E-state index is -4.67. The van der Waals surface area contributed by atoms with E-state index >= 15 is 0 Å². The molecule has 2 heterocycles. The molecule has 0 bridgehead atoms. The summed E-state index contributed by atoms with van der Waals surface area (Å²) in [6.07, 6.45) is -3.38. The van der Waals surface area contributed by atoms with Gasteiger partial charge in [0.25, 0.3) is 0 Å². The van der Waals surface area contributed by atoms with Gasteiger partial charge in [-0.05, 0) is 42.2 Å². The molecule has 3 aromatic rings. The van der Waals surface area contributed by atoms with Gasteiger partial charge in [-0.15, -0.1) is 0 Å². The summed E-state index contributed by atoms with van der Waals surface area (Å²) in [5.41, 5.74) is 1.22. The molecular formula is C25H28F3N5O3. The van der Waals surface area contributed by atoms with E-state index in [0.717, 1.165) is 11.1 Å². The maximum absolute atomic E-state index is 14.0. The molecule has 1 aromatic heterocycles. The van der Waals surface area contributed by atoms with Gasteiger partial charge in [0.2, 0.25) is 0 Å². The molecule has 1 amide bonds. The van der Waals surface area contributed by atoms with Gasteiger partial charge in [-0.2, -0.15) is 18.3 Å². The fraction of sp³-hybridized carbons (Fsp3) is 0.360. The third-order valence-electron chi connectivity index (χ3n) is 6.07. The van der Waals surface area contributed by atoms with Crippen LogP contribution in [0.25, 0.3) is 5.69 Å². The van der Waals surface area contributed by atoms with E-state index in [-0.39, 0.29) is 12.2 Å². The van der Waals surface area contributed by atoms with Crippen LogP contribution in [0, 0.1) is 0 Å². The zero-order valence-corrected chi connectivity index (χ0v) is 19.8. The Labute approximate surface area is 206 Å². The Morgan fingerprint density at radius 3 is 2.64 bits per heavy atom.